The van der Waals surface area contributed by atoms with E-state index in [0.29, 0.717) is 6.54 Å². The van der Waals surface area contributed by atoms with Gasteiger partial charge >= 0.3 is 0 Å². The van der Waals surface area contributed by atoms with Gasteiger partial charge in [0.15, 0.2) is 5.96 Å². The van der Waals surface area contributed by atoms with Gasteiger partial charge in [-0.1, -0.05) is 50.2 Å². The fourth-order valence-corrected chi connectivity index (χ4v) is 3.05. The number of nitrogens with one attached hydrogen (secondary N) is 2. The first-order chi connectivity index (χ1) is 12.2. The first-order valence-corrected chi connectivity index (χ1v) is 9.21. The number of rotatable bonds is 8. The van der Waals surface area contributed by atoms with E-state index in [0.717, 1.165) is 37.6 Å². The zero-order valence-corrected chi connectivity index (χ0v) is 15.6. The third kappa shape index (κ3) is 5.31. The van der Waals surface area contributed by atoms with Crippen LogP contribution in [0.4, 0.5) is 0 Å². The van der Waals surface area contributed by atoms with Gasteiger partial charge in [0.25, 0.3) is 0 Å². The second kappa shape index (κ2) is 9.82. The van der Waals surface area contributed by atoms with E-state index in [1.54, 1.807) is 6.20 Å². The predicted octanol–water partition coefficient (Wildman–Crippen LogP) is 3.89. The molecule has 0 saturated heterocycles. The number of hydrogen-bond acceptors (Lipinski definition) is 2. The molecule has 0 atom stereocenters. The minimum absolute atomic E-state index is 0.114. The Bertz CT molecular complexity index is 633. The van der Waals surface area contributed by atoms with Crippen molar-refractivity contribution < 1.29 is 0 Å². The number of nitrogens with zero attached hydrogens (tertiary/aromatic N) is 2. The van der Waals surface area contributed by atoms with Crippen molar-refractivity contribution in [3.63, 3.8) is 0 Å². The summed E-state index contributed by atoms with van der Waals surface area (Å²) in [6, 6.07) is 16.7. The van der Waals surface area contributed by atoms with Crippen molar-refractivity contribution in [2.45, 2.75) is 45.6 Å². The van der Waals surface area contributed by atoms with Gasteiger partial charge in [0.2, 0.25) is 0 Å². The minimum Gasteiger partial charge on any atom is -0.357 e. The van der Waals surface area contributed by atoms with E-state index in [2.05, 4.69) is 71.7 Å². The average Bonchev–Trinajstić information content (AvgIpc) is 2.69. The Labute approximate surface area is 151 Å². The third-order valence-electron chi connectivity index (χ3n) is 4.80. The largest absolute Gasteiger partial charge is 0.357 e. The summed E-state index contributed by atoms with van der Waals surface area (Å²) in [6.07, 6.45) is 3.97. The summed E-state index contributed by atoms with van der Waals surface area (Å²) >= 11 is 0. The van der Waals surface area contributed by atoms with E-state index >= 15 is 0 Å². The molecule has 0 radical (unpaired) electrons. The molecular formula is C21H30N4. The molecule has 4 heteroatoms. The van der Waals surface area contributed by atoms with Crippen LogP contribution in [0.1, 0.15) is 44.9 Å². The lowest BCUT2D eigenvalue weighted by atomic mass is 9.76. The van der Waals surface area contributed by atoms with Crippen molar-refractivity contribution >= 4 is 5.96 Å². The van der Waals surface area contributed by atoms with Crippen molar-refractivity contribution in [2.24, 2.45) is 4.99 Å². The molecule has 2 aromatic rings. The normalized spacial score (nSPS) is 12.0. The summed E-state index contributed by atoms with van der Waals surface area (Å²) in [5, 5.41) is 6.88. The molecule has 2 rings (SSSR count). The molecule has 25 heavy (non-hydrogen) atoms. The number of benzene rings is 1. The Kier molecular flexibility index (Phi) is 7.45. The molecule has 4 nitrogen and oxygen atoms in total. The first-order valence-electron chi connectivity index (χ1n) is 9.21. The molecular weight excluding hydrogens is 308 g/mol. The molecule has 0 aliphatic carbocycles. The quantitative estimate of drug-likeness (QED) is 0.567. The highest BCUT2D eigenvalue weighted by atomic mass is 15.2. The lowest BCUT2D eigenvalue weighted by Crippen LogP contribution is -2.45. The second-order valence-electron chi connectivity index (χ2n) is 6.22. The third-order valence-corrected chi connectivity index (χ3v) is 4.80. The molecule has 1 heterocycles. The molecule has 0 unspecified atom stereocenters. The van der Waals surface area contributed by atoms with E-state index in [1.165, 1.54) is 5.56 Å². The molecule has 2 N–H and O–H groups in total. The van der Waals surface area contributed by atoms with Crippen LogP contribution in [-0.2, 0) is 12.0 Å². The molecule has 0 aliphatic heterocycles. The van der Waals surface area contributed by atoms with Crippen LogP contribution in [0.3, 0.4) is 0 Å². The molecule has 0 bridgehead atoms. The molecule has 0 spiro atoms. The molecule has 0 saturated carbocycles. The summed E-state index contributed by atoms with van der Waals surface area (Å²) in [5.74, 6) is 0.843. The van der Waals surface area contributed by atoms with Gasteiger partial charge in [-0.2, -0.15) is 0 Å². The lowest BCUT2D eigenvalue weighted by Gasteiger charge is -2.33. The summed E-state index contributed by atoms with van der Waals surface area (Å²) in [5.41, 5.74) is 2.47. The maximum Gasteiger partial charge on any atom is 0.191 e. The SMILES string of the molecule is CCNC(=NCc1ccccn1)NCC(CC)(CC)c1ccccc1. The molecule has 0 amide bonds. The van der Waals surface area contributed by atoms with Gasteiger partial charge in [-0.05, 0) is 37.5 Å². The Morgan fingerprint density at radius 2 is 1.68 bits per heavy atom. The van der Waals surface area contributed by atoms with Gasteiger partial charge in [-0.25, -0.2) is 4.99 Å². The van der Waals surface area contributed by atoms with Gasteiger partial charge in [-0.3, -0.25) is 4.98 Å². The summed E-state index contributed by atoms with van der Waals surface area (Å²) < 4.78 is 0. The van der Waals surface area contributed by atoms with Crippen molar-refractivity contribution in [1.82, 2.24) is 15.6 Å². The van der Waals surface area contributed by atoms with Crippen LogP contribution in [0.15, 0.2) is 59.7 Å². The fourth-order valence-electron chi connectivity index (χ4n) is 3.05. The van der Waals surface area contributed by atoms with E-state index in [1.807, 2.05) is 18.2 Å². The lowest BCUT2D eigenvalue weighted by molar-refractivity contribution is 0.389. The van der Waals surface area contributed by atoms with Crippen LogP contribution in [-0.4, -0.2) is 24.0 Å². The summed E-state index contributed by atoms with van der Waals surface area (Å²) in [4.78, 5) is 9.02. The van der Waals surface area contributed by atoms with Gasteiger partial charge in [-0.15, -0.1) is 0 Å². The standard InChI is InChI=1S/C21H30N4/c1-4-21(5-2,18-12-8-7-9-13-18)17-25-20(22-6-3)24-16-19-14-10-11-15-23-19/h7-15H,4-6,16-17H2,1-3H3,(H2,22,24,25). The second-order valence-corrected chi connectivity index (χ2v) is 6.22. The monoisotopic (exact) mass is 338 g/mol. The van der Waals surface area contributed by atoms with Crippen LogP contribution < -0.4 is 10.6 Å². The predicted molar refractivity (Wildman–Crippen MR) is 106 cm³/mol. The number of pyridine rings is 1. The highest BCUT2D eigenvalue weighted by molar-refractivity contribution is 5.79. The Balaban J connectivity index is 2.09. The summed E-state index contributed by atoms with van der Waals surface area (Å²) in [7, 11) is 0. The topological polar surface area (TPSA) is 49.3 Å². The zero-order valence-electron chi connectivity index (χ0n) is 15.6. The number of aliphatic imine (C=N–C) groups is 1. The Hall–Kier alpha value is -2.36. The molecule has 1 aromatic carbocycles. The van der Waals surface area contributed by atoms with Crippen LogP contribution in [0, 0.1) is 0 Å². The smallest absolute Gasteiger partial charge is 0.191 e. The molecule has 1 aromatic heterocycles. The van der Waals surface area contributed by atoms with Gasteiger partial charge in [0.05, 0.1) is 12.2 Å². The summed E-state index contributed by atoms with van der Waals surface area (Å²) in [6.45, 7) is 8.88. The molecule has 0 aliphatic rings. The molecule has 134 valence electrons. The van der Waals surface area contributed by atoms with Crippen LogP contribution in [0.5, 0.6) is 0 Å². The van der Waals surface area contributed by atoms with Gasteiger partial charge in [0, 0.05) is 24.7 Å². The van der Waals surface area contributed by atoms with Gasteiger partial charge < -0.3 is 10.6 Å². The zero-order chi connectivity index (χ0) is 18.0. The van der Waals surface area contributed by atoms with Crippen molar-refractivity contribution in [1.29, 1.82) is 0 Å². The van der Waals surface area contributed by atoms with E-state index in [-0.39, 0.29) is 5.41 Å². The minimum atomic E-state index is 0.114. The number of hydrogen-bond donors (Lipinski definition) is 2. The first kappa shape index (κ1) is 19.0. The van der Waals surface area contributed by atoms with Crippen LogP contribution in [0.25, 0.3) is 0 Å². The van der Waals surface area contributed by atoms with Crippen molar-refractivity contribution in [2.75, 3.05) is 13.1 Å². The van der Waals surface area contributed by atoms with Gasteiger partial charge in [0.1, 0.15) is 0 Å². The number of guanidine groups is 1. The van der Waals surface area contributed by atoms with Crippen LogP contribution >= 0.6 is 0 Å². The van der Waals surface area contributed by atoms with E-state index < -0.39 is 0 Å². The Morgan fingerprint density at radius 3 is 2.28 bits per heavy atom. The highest BCUT2D eigenvalue weighted by Gasteiger charge is 2.28. The highest BCUT2D eigenvalue weighted by Crippen LogP contribution is 2.30. The van der Waals surface area contributed by atoms with Crippen molar-refractivity contribution in [3.05, 3.63) is 66.0 Å². The maximum atomic E-state index is 4.68. The maximum absolute atomic E-state index is 4.68. The molecule has 0 fully saturated rings. The van der Waals surface area contributed by atoms with Crippen molar-refractivity contribution in [3.8, 4) is 0 Å². The Morgan fingerprint density at radius 1 is 0.960 bits per heavy atom. The average molecular weight is 338 g/mol. The van der Waals surface area contributed by atoms with E-state index in [4.69, 9.17) is 0 Å². The van der Waals surface area contributed by atoms with Crippen LogP contribution in [0.2, 0.25) is 0 Å². The number of aromatic nitrogens is 1. The fraction of sp³-hybridized carbons (Fsp3) is 0.429. The van der Waals surface area contributed by atoms with E-state index in [9.17, 15) is 0 Å².